The van der Waals surface area contributed by atoms with Crippen molar-refractivity contribution >= 4 is 29.3 Å². The van der Waals surface area contributed by atoms with Crippen LogP contribution in [0.15, 0.2) is 0 Å². The van der Waals surface area contributed by atoms with Gasteiger partial charge in [0.15, 0.2) is 10.4 Å². The van der Waals surface area contributed by atoms with Gasteiger partial charge in [-0.05, 0) is 26.1 Å². The number of carbonyl (C=O) groups excluding carboxylic acids is 1. The molecule has 1 saturated heterocycles. The Kier molecular flexibility index (Phi) is 3.58. The number of amides is 1. The Bertz CT molecular complexity index is 738. The third kappa shape index (κ3) is 2.28. The average Bonchev–Trinajstić information content (AvgIpc) is 2.96. The van der Waals surface area contributed by atoms with Gasteiger partial charge in [0.1, 0.15) is 11.6 Å². The van der Waals surface area contributed by atoms with Crippen molar-refractivity contribution in [3.8, 4) is 0 Å². The second-order valence-electron chi connectivity index (χ2n) is 5.32. The Morgan fingerprint density at radius 2 is 2.10 bits per heavy atom. The molecule has 0 saturated carbocycles. The van der Waals surface area contributed by atoms with Crippen LogP contribution in [0.25, 0.3) is 11.2 Å². The predicted octanol–water partition coefficient (Wildman–Crippen LogP) is 1.16. The normalized spacial score (nSPS) is 17.4. The highest BCUT2D eigenvalue weighted by Crippen LogP contribution is 2.22. The number of rotatable bonds is 2. The van der Waals surface area contributed by atoms with E-state index in [1.54, 1.807) is 4.68 Å². The summed E-state index contributed by atoms with van der Waals surface area (Å²) < 4.78 is 9.46. The van der Waals surface area contributed by atoms with E-state index in [4.69, 9.17) is 17.0 Å². The number of aromatic nitrogens is 4. The molecule has 3 rings (SSSR count). The van der Waals surface area contributed by atoms with Crippen LogP contribution in [-0.4, -0.2) is 56.4 Å². The quantitative estimate of drug-likeness (QED) is 0.845. The van der Waals surface area contributed by atoms with E-state index in [9.17, 15) is 4.79 Å². The zero-order chi connectivity index (χ0) is 15.1. The van der Waals surface area contributed by atoms with Gasteiger partial charge in [-0.2, -0.15) is 5.10 Å². The predicted molar refractivity (Wildman–Crippen MR) is 80.7 cm³/mol. The van der Waals surface area contributed by atoms with E-state index < -0.39 is 0 Å². The van der Waals surface area contributed by atoms with Gasteiger partial charge < -0.3 is 14.6 Å². The van der Waals surface area contributed by atoms with E-state index in [1.165, 1.54) is 0 Å². The Balaban J connectivity index is 2.01. The summed E-state index contributed by atoms with van der Waals surface area (Å²) in [4.78, 5) is 17.7. The molecule has 0 spiro atoms. The molecule has 8 heteroatoms. The minimum absolute atomic E-state index is 0.0640. The summed E-state index contributed by atoms with van der Waals surface area (Å²) in [5.74, 6) is 0.0640. The van der Waals surface area contributed by atoms with Crippen LogP contribution in [-0.2, 0) is 16.6 Å². The van der Waals surface area contributed by atoms with Crippen molar-refractivity contribution in [1.82, 2.24) is 24.2 Å². The summed E-state index contributed by atoms with van der Waals surface area (Å²) in [6.07, 6.45) is 0. The maximum absolute atomic E-state index is 12.7. The number of aryl methyl sites for hydroxylation is 2. The molecule has 0 aromatic carbocycles. The number of hydrogen-bond donors (Lipinski definition) is 1. The van der Waals surface area contributed by atoms with Crippen LogP contribution in [0.5, 0.6) is 0 Å². The van der Waals surface area contributed by atoms with Gasteiger partial charge in [-0.3, -0.25) is 14.0 Å². The number of nitrogens with one attached hydrogen (secondary N) is 1. The number of fused-ring (bicyclic) bond motifs is 1. The van der Waals surface area contributed by atoms with Crippen molar-refractivity contribution in [2.75, 3.05) is 26.3 Å². The second-order valence-corrected chi connectivity index (χ2v) is 5.71. The lowest BCUT2D eigenvalue weighted by molar-refractivity contribution is -0.138. The van der Waals surface area contributed by atoms with E-state index in [-0.39, 0.29) is 11.9 Å². The fourth-order valence-electron chi connectivity index (χ4n) is 2.85. The number of hydrogen-bond acceptors (Lipinski definition) is 4. The summed E-state index contributed by atoms with van der Waals surface area (Å²) in [5, 5.41) is 4.38. The summed E-state index contributed by atoms with van der Waals surface area (Å²) in [7, 11) is 1.86. The van der Waals surface area contributed by atoms with Crippen LogP contribution in [0.3, 0.4) is 0 Å². The largest absolute Gasteiger partial charge is 0.378 e. The van der Waals surface area contributed by atoms with E-state index in [1.807, 2.05) is 30.4 Å². The molecule has 1 amide bonds. The van der Waals surface area contributed by atoms with Gasteiger partial charge in [-0.15, -0.1) is 0 Å². The minimum atomic E-state index is -0.362. The highest BCUT2D eigenvalue weighted by Gasteiger charge is 2.27. The molecular weight excluding hydrogens is 290 g/mol. The van der Waals surface area contributed by atoms with Gasteiger partial charge in [0, 0.05) is 20.1 Å². The highest BCUT2D eigenvalue weighted by atomic mass is 32.1. The molecular formula is C13H19N5O2S. The van der Waals surface area contributed by atoms with Crippen LogP contribution in [0, 0.1) is 11.7 Å². The molecule has 1 fully saturated rings. The molecule has 3 heterocycles. The molecule has 21 heavy (non-hydrogen) atoms. The van der Waals surface area contributed by atoms with Crippen molar-refractivity contribution in [3.05, 3.63) is 10.5 Å². The molecule has 1 N–H and O–H groups in total. The van der Waals surface area contributed by atoms with Crippen LogP contribution < -0.4 is 0 Å². The molecule has 1 atom stereocenters. The van der Waals surface area contributed by atoms with E-state index >= 15 is 0 Å². The molecule has 2 aromatic heterocycles. The van der Waals surface area contributed by atoms with Gasteiger partial charge in [0.2, 0.25) is 5.91 Å². The van der Waals surface area contributed by atoms with Crippen molar-refractivity contribution in [1.29, 1.82) is 0 Å². The van der Waals surface area contributed by atoms with Gasteiger partial charge in [0.05, 0.1) is 18.9 Å². The first-order valence-electron chi connectivity index (χ1n) is 7.01. The lowest BCUT2D eigenvalue weighted by atomic mass is 10.2. The Morgan fingerprint density at radius 3 is 2.76 bits per heavy atom. The van der Waals surface area contributed by atoms with Crippen molar-refractivity contribution < 1.29 is 9.53 Å². The summed E-state index contributed by atoms with van der Waals surface area (Å²) in [6, 6.07) is -0.362. The number of ether oxygens (including phenoxy) is 1. The number of imidazole rings is 1. The van der Waals surface area contributed by atoms with E-state index in [2.05, 4.69) is 10.1 Å². The first-order valence-corrected chi connectivity index (χ1v) is 7.42. The molecule has 0 aliphatic carbocycles. The molecule has 0 bridgehead atoms. The monoisotopic (exact) mass is 309 g/mol. The van der Waals surface area contributed by atoms with Crippen molar-refractivity contribution in [2.24, 2.45) is 7.05 Å². The number of aromatic amines is 1. The molecule has 7 nitrogen and oxygen atoms in total. The fourth-order valence-corrected chi connectivity index (χ4v) is 3.20. The SMILES string of the molecule is Cc1nn(C)c2c1[nH]c(=S)n2C(C)C(=O)N1CCOCC1. The summed E-state index contributed by atoms with van der Waals surface area (Å²) >= 11 is 5.39. The third-order valence-corrected chi connectivity index (χ3v) is 4.24. The summed E-state index contributed by atoms with van der Waals surface area (Å²) in [5.41, 5.74) is 2.62. The molecule has 1 aliphatic heterocycles. The Labute approximate surface area is 127 Å². The number of carbonyl (C=O) groups is 1. The van der Waals surface area contributed by atoms with Gasteiger partial charge in [-0.1, -0.05) is 0 Å². The lowest BCUT2D eigenvalue weighted by Crippen LogP contribution is -2.43. The first-order chi connectivity index (χ1) is 10.0. The molecule has 1 unspecified atom stereocenters. The minimum Gasteiger partial charge on any atom is -0.378 e. The molecule has 114 valence electrons. The number of nitrogens with zero attached hydrogens (tertiary/aromatic N) is 4. The smallest absolute Gasteiger partial charge is 0.245 e. The zero-order valence-corrected chi connectivity index (χ0v) is 13.2. The zero-order valence-electron chi connectivity index (χ0n) is 12.4. The Morgan fingerprint density at radius 1 is 1.43 bits per heavy atom. The lowest BCUT2D eigenvalue weighted by Gasteiger charge is -2.29. The van der Waals surface area contributed by atoms with E-state index in [0.717, 1.165) is 16.9 Å². The maximum atomic E-state index is 12.7. The van der Waals surface area contributed by atoms with Gasteiger partial charge >= 0.3 is 0 Å². The number of morpholine rings is 1. The van der Waals surface area contributed by atoms with E-state index in [0.29, 0.717) is 31.1 Å². The highest BCUT2D eigenvalue weighted by molar-refractivity contribution is 7.71. The second kappa shape index (κ2) is 5.27. The molecule has 2 aromatic rings. The Hall–Kier alpha value is -1.67. The molecule has 1 aliphatic rings. The first kappa shape index (κ1) is 14.3. The fraction of sp³-hybridized carbons (Fsp3) is 0.615. The van der Waals surface area contributed by atoms with Crippen molar-refractivity contribution in [2.45, 2.75) is 19.9 Å². The van der Waals surface area contributed by atoms with Crippen LogP contribution in [0.4, 0.5) is 0 Å². The number of H-pyrrole nitrogens is 1. The maximum Gasteiger partial charge on any atom is 0.245 e. The van der Waals surface area contributed by atoms with Crippen LogP contribution in [0.2, 0.25) is 0 Å². The summed E-state index contributed by atoms with van der Waals surface area (Å²) in [6.45, 7) is 6.26. The molecule has 0 radical (unpaired) electrons. The van der Waals surface area contributed by atoms with Crippen LogP contribution in [0.1, 0.15) is 18.7 Å². The van der Waals surface area contributed by atoms with Gasteiger partial charge in [-0.25, -0.2) is 0 Å². The van der Waals surface area contributed by atoms with Crippen molar-refractivity contribution in [3.63, 3.8) is 0 Å². The average molecular weight is 309 g/mol. The van der Waals surface area contributed by atoms with Gasteiger partial charge in [0.25, 0.3) is 0 Å². The topological polar surface area (TPSA) is 68.1 Å². The van der Waals surface area contributed by atoms with Crippen LogP contribution >= 0.6 is 12.2 Å². The standard InChI is InChI=1S/C13H19N5O2S/c1-8-10-11(16(3)15-8)18(13(21)14-10)9(2)12(19)17-4-6-20-7-5-17/h9H,4-7H2,1-3H3,(H,14,21). The third-order valence-electron chi connectivity index (χ3n) is 3.94.